The molecule has 1 N–H and O–H groups in total. The molecule has 0 atom stereocenters. The average molecular weight is 387 g/mol. The summed E-state index contributed by atoms with van der Waals surface area (Å²) in [6.07, 6.45) is 0. The second-order valence-corrected chi connectivity index (χ2v) is 5.66. The maximum absolute atomic E-state index is 12.7. The summed E-state index contributed by atoms with van der Waals surface area (Å²) < 4.78 is 14.6. The SMILES string of the molecule is CCOC(=O)C(C(=O)OC)(C(=O)OCC)c1ccc(C(=O)c2ccccc2)[nH]1. The minimum atomic E-state index is -2.52. The molecule has 2 aromatic rings. The van der Waals surface area contributed by atoms with E-state index in [1.165, 1.54) is 26.0 Å². The van der Waals surface area contributed by atoms with Gasteiger partial charge in [0.25, 0.3) is 5.41 Å². The molecule has 1 heterocycles. The second-order valence-electron chi connectivity index (χ2n) is 5.66. The van der Waals surface area contributed by atoms with Gasteiger partial charge in [0, 0.05) is 5.56 Å². The van der Waals surface area contributed by atoms with E-state index in [2.05, 4.69) is 4.98 Å². The normalized spacial score (nSPS) is 10.8. The number of carbonyl (C=O) groups excluding carboxylic acids is 4. The van der Waals surface area contributed by atoms with Crippen molar-refractivity contribution in [3.05, 3.63) is 59.4 Å². The predicted molar refractivity (Wildman–Crippen MR) is 97.6 cm³/mol. The summed E-state index contributed by atoms with van der Waals surface area (Å²) in [6, 6.07) is 11.1. The molecular weight excluding hydrogens is 366 g/mol. The quantitative estimate of drug-likeness (QED) is 0.318. The standard InChI is InChI=1S/C20H21NO7/c1-4-27-18(24)20(17(23)26-3,19(25)28-5-2)15-12-11-14(21-15)16(22)13-9-7-6-8-10-13/h6-12,21H,4-5H2,1-3H3. The van der Waals surface area contributed by atoms with Crippen molar-refractivity contribution in [1.82, 2.24) is 4.98 Å². The Labute approximate surface area is 161 Å². The maximum Gasteiger partial charge on any atom is 0.341 e. The number of nitrogens with one attached hydrogen (secondary N) is 1. The summed E-state index contributed by atoms with van der Waals surface area (Å²) in [5.74, 6) is -3.86. The number of methoxy groups -OCH3 is 1. The Hall–Kier alpha value is -3.42. The van der Waals surface area contributed by atoms with Crippen molar-refractivity contribution in [1.29, 1.82) is 0 Å². The van der Waals surface area contributed by atoms with Crippen LogP contribution in [0.3, 0.4) is 0 Å². The van der Waals surface area contributed by atoms with Crippen LogP contribution in [0, 0.1) is 0 Å². The number of H-pyrrole nitrogens is 1. The second kappa shape index (κ2) is 8.98. The molecule has 148 valence electrons. The van der Waals surface area contributed by atoms with Crippen LogP contribution in [0.2, 0.25) is 0 Å². The zero-order valence-electron chi connectivity index (χ0n) is 15.8. The third kappa shape index (κ3) is 3.66. The van der Waals surface area contributed by atoms with Crippen LogP contribution in [0.25, 0.3) is 0 Å². The van der Waals surface area contributed by atoms with Crippen molar-refractivity contribution < 1.29 is 33.4 Å². The van der Waals surface area contributed by atoms with Gasteiger partial charge in [0.15, 0.2) is 0 Å². The summed E-state index contributed by atoms with van der Waals surface area (Å²) in [5, 5.41) is 0. The molecule has 0 saturated heterocycles. The van der Waals surface area contributed by atoms with Gasteiger partial charge in [-0.1, -0.05) is 30.3 Å². The largest absolute Gasteiger partial charge is 0.467 e. The number of hydrogen-bond donors (Lipinski definition) is 1. The monoisotopic (exact) mass is 387 g/mol. The summed E-state index contributed by atoms with van der Waals surface area (Å²) >= 11 is 0. The molecule has 0 aliphatic heterocycles. The van der Waals surface area contributed by atoms with E-state index in [1.54, 1.807) is 30.3 Å². The summed E-state index contributed by atoms with van der Waals surface area (Å²) in [6.45, 7) is 2.91. The van der Waals surface area contributed by atoms with Gasteiger partial charge in [-0.25, -0.2) is 14.4 Å². The molecule has 8 nitrogen and oxygen atoms in total. The van der Waals surface area contributed by atoms with Crippen LogP contribution in [0.15, 0.2) is 42.5 Å². The van der Waals surface area contributed by atoms with Gasteiger partial charge >= 0.3 is 17.9 Å². The third-order valence-electron chi connectivity index (χ3n) is 4.03. The number of carbonyl (C=O) groups is 4. The van der Waals surface area contributed by atoms with Crippen LogP contribution < -0.4 is 0 Å². The van der Waals surface area contributed by atoms with Gasteiger partial charge in [-0.2, -0.15) is 0 Å². The van der Waals surface area contributed by atoms with Crippen molar-refractivity contribution in [3.63, 3.8) is 0 Å². The van der Waals surface area contributed by atoms with Gasteiger partial charge in [0.05, 0.1) is 31.7 Å². The molecule has 1 aromatic heterocycles. The number of esters is 3. The molecule has 0 fully saturated rings. The molecule has 0 unspecified atom stereocenters. The predicted octanol–water partition coefficient (Wildman–Crippen LogP) is 1.78. The average Bonchev–Trinajstić information content (AvgIpc) is 3.19. The third-order valence-corrected chi connectivity index (χ3v) is 4.03. The zero-order valence-corrected chi connectivity index (χ0v) is 15.8. The molecule has 1 aromatic carbocycles. The molecule has 0 aliphatic carbocycles. The van der Waals surface area contributed by atoms with Gasteiger partial charge in [0.1, 0.15) is 0 Å². The molecule has 0 spiro atoms. The lowest BCUT2D eigenvalue weighted by molar-refractivity contribution is -0.174. The van der Waals surface area contributed by atoms with E-state index in [0.29, 0.717) is 5.56 Å². The lowest BCUT2D eigenvalue weighted by Crippen LogP contribution is -2.53. The Balaban J connectivity index is 2.59. The fourth-order valence-electron chi connectivity index (χ4n) is 2.70. The van der Waals surface area contributed by atoms with E-state index in [-0.39, 0.29) is 30.4 Å². The first-order valence-corrected chi connectivity index (χ1v) is 8.65. The fourth-order valence-corrected chi connectivity index (χ4v) is 2.70. The van der Waals surface area contributed by atoms with E-state index in [0.717, 1.165) is 7.11 Å². The highest BCUT2D eigenvalue weighted by Gasteiger charge is 2.60. The van der Waals surface area contributed by atoms with Crippen molar-refractivity contribution in [2.45, 2.75) is 19.3 Å². The number of benzene rings is 1. The number of aromatic amines is 1. The zero-order chi connectivity index (χ0) is 20.7. The molecule has 0 bridgehead atoms. The number of ketones is 1. The van der Waals surface area contributed by atoms with E-state index < -0.39 is 23.3 Å². The molecule has 0 amide bonds. The van der Waals surface area contributed by atoms with E-state index in [4.69, 9.17) is 14.2 Å². The Morgan fingerprint density at radius 3 is 1.93 bits per heavy atom. The van der Waals surface area contributed by atoms with Crippen LogP contribution in [0.4, 0.5) is 0 Å². The van der Waals surface area contributed by atoms with E-state index in [1.807, 2.05) is 0 Å². The van der Waals surface area contributed by atoms with Crippen LogP contribution in [0.5, 0.6) is 0 Å². The van der Waals surface area contributed by atoms with Crippen LogP contribution in [-0.4, -0.2) is 49.0 Å². The first kappa shape index (κ1) is 20.9. The molecular formula is C20H21NO7. The molecule has 8 heteroatoms. The highest BCUT2D eigenvalue weighted by molar-refractivity contribution is 6.24. The van der Waals surface area contributed by atoms with Crippen LogP contribution >= 0.6 is 0 Å². The molecule has 0 aliphatic rings. The van der Waals surface area contributed by atoms with Crippen molar-refractivity contribution >= 4 is 23.7 Å². The Morgan fingerprint density at radius 2 is 1.43 bits per heavy atom. The molecule has 0 radical (unpaired) electrons. The Morgan fingerprint density at radius 1 is 0.857 bits per heavy atom. The van der Waals surface area contributed by atoms with Gasteiger partial charge in [-0.05, 0) is 26.0 Å². The van der Waals surface area contributed by atoms with E-state index >= 15 is 0 Å². The number of hydrogen-bond acceptors (Lipinski definition) is 7. The topological polar surface area (TPSA) is 112 Å². The summed E-state index contributed by atoms with van der Waals surface area (Å²) in [4.78, 5) is 53.3. The van der Waals surface area contributed by atoms with Gasteiger partial charge in [-0.15, -0.1) is 0 Å². The fraction of sp³-hybridized carbons (Fsp3) is 0.300. The van der Waals surface area contributed by atoms with Gasteiger partial charge < -0.3 is 19.2 Å². The summed E-state index contributed by atoms with van der Waals surface area (Å²) in [5.41, 5.74) is -2.21. The Bertz CT molecular complexity index is 852. The first-order valence-electron chi connectivity index (χ1n) is 8.65. The first-order chi connectivity index (χ1) is 13.4. The molecule has 2 rings (SSSR count). The minimum absolute atomic E-state index is 0.0759. The van der Waals surface area contributed by atoms with Crippen LogP contribution in [0.1, 0.15) is 35.6 Å². The molecule has 0 saturated carbocycles. The smallest absolute Gasteiger partial charge is 0.341 e. The van der Waals surface area contributed by atoms with E-state index in [9.17, 15) is 19.2 Å². The van der Waals surface area contributed by atoms with Crippen LogP contribution in [-0.2, 0) is 34.0 Å². The minimum Gasteiger partial charge on any atom is -0.467 e. The maximum atomic E-state index is 12.7. The van der Waals surface area contributed by atoms with Crippen molar-refractivity contribution in [3.8, 4) is 0 Å². The number of aromatic nitrogens is 1. The highest BCUT2D eigenvalue weighted by atomic mass is 16.6. The van der Waals surface area contributed by atoms with Crippen molar-refractivity contribution in [2.24, 2.45) is 0 Å². The lowest BCUT2D eigenvalue weighted by Gasteiger charge is -2.25. The highest BCUT2D eigenvalue weighted by Crippen LogP contribution is 2.30. The van der Waals surface area contributed by atoms with Gasteiger partial charge in [0.2, 0.25) is 5.78 Å². The lowest BCUT2D eigenvalue weighted by atomic mass is 9.84. The number of rotatable bonds is 8. The Kier molecular flexibility index (Phi) is 6.70. The summed E-state index contributed by atoms with van der Waals surface area (Å²) in [7, 11) is 1.04. The van der Waals surface area contributed by atoms with Gasteiger partial charge in [-0.3, -0.25) is 4.79 Å². The molecule has 28 heavy (non-hydrogen) atoms. The number of ether oxygens (including phenoxy) is 3. The van der Waals surface area contributed by atoms with Crippen molar-refractivity contribution in [2.75, 3.05) is 20.3 Å².